The van der Waals surface area contributed by atoms with Gasteiger partial charge < -0.3 is 20.2 Å². The van der Waals surface area contributed by atoms with Crippen molar-refractivity contribution < 1.29 is 19.5 Å². The molecule has 1 aromatic heterocycles. The quantitative estimate of drug-likeness (QED) is 0.644. The van der Waals surface area contributed by atoms with Crippen molar-refractivity contribution in [1.29, 1.82) is 0 Å². The topological polar surface area (TPSA) is 103 Å². The minimum atomic E-state index is -0.754. The molecule has 4 rings (SSSR count). The number of rotatable bonds is 7. The van der Waals surface area contributed by atoms with Crippen molar-refractivity contribution in [1.82, 2.24) is 20.1 Å². The van der Waals surface area contributed by atoms with E-state index in [1.165, 1.54) is 11.8 Å². The van der Waals surface area contributed by atoms with E-state index in [4.69, 9.17) is 0 Å². The van der Waals surface area contributed by atoms with Crippen LogP contribution in [0.25, 0.3) is 10.4 Å². The number of likely N-dealkylation sites (tertiary alicyclic amines) is 1. The monoisotopic (exact) mass is 470 g/mol. The Hall–Kier alpha value is -2.78. The van der Waals surface area contributed by atoms with Crippen LogP contribution in [0.2, 0.25) is 0 Å². The van der Waals surface area contributed by atoms with Gasteiger partial charge in [0.2, 0.25) is 17.7 Å². The predicted octanol–water partition coefficient (Wildman–Crippen LogP) is 1.95. The summed E-state index contributed by atoms with van der Waals surface area (Å²) in [6, 6.07) is 6.67. The number of aryl methyl sites for hydroxylation is 1. The van der Waals surface area contributed by atoms with Crippen LogP contribution in [0.3, 0.4) is 0 Å². The van der Waals surface area contributed by atoms with E-state index in [1.54, 1.807) is 23.3 Å². The third-order valence-electron chi connectivity index (χ3n) is 6.32. The molecular weight excluding hydrogens is 440 g/mol. The van der Waals surface area contributed by atoms with Crippen LogP contribution in [0.4, 0.5) is 0 Å². The lowest BCUT2D eigenvalue weighted by atomic mass is 10.1. The molecule has 3 atom stereocenters. The third-order valence-corrected chi connectivity index (χ3v) is 7.30. The second-order valence-corrected chi connectivity index (χ2v) is 9.92. The molecule has 1 saturated carbocycles. The van der Waals surface area contributed by atoms with E-state index < -0.39 is 18.2 Å². The first-order valence-corrected chi connectivity index (χ1v) is 12.1. The first-order chi connectivity index (χ1) is 15.7. The molecule has 33 heavy (non-hydrogen) atoms. The highest BCUT2D eigenvalue weighted by Crippen LogP contribution is 2.35. The molecule has 2 aliphatic rings. The van der Waals surface area contributed by atoms with Gasteiger partial charge in [-0.15, -0.1) is 11.3 Å². The standard InChI is InChI=1S/C24H30N4O4S/c1-14-22(33-13-25-14)18-6-4-16(5-7-18)11-27(3)23(31)20-10-19(30)12-28(20)24(32)21(17-8-9-17)26-15(2)29/h4-7,13,17,19-21,30H,8-12H2,1-3H3,(H,26,29)/t19-,20+,21+/m1/s1. The number of benzene rings is 1. The van der Waals surface area contributed by atoms with Crippen LogP contribution in [0.15, 0.2) is 29.8 Å². The van der Waals surface area contributed by atoms with Gasteiger partial charge in [0, 0.05) is 33.5 Å². The van der Waals surface area contributed by atoms with E-state index >= 15 is 0 Å². The highest BCUT2D eigenvalue weighted by molar-refractivity contribution is 7.13. The summed E-state index contributed by atoms with van der Waals surface area (Å²) >= 11 is 1.60. The zero-order valence-electron chi connectivity index (χ0n) is 19.2. The van der Waals surface area contributed by atoms with E-state index in [1.807, 2.05) is 36.7 Å². The minimum absolute atomic E-state index is 0.105. The molecule has 0 bridgehead atoms. The summed E-state index contributed by atoms with van der Waals surface area (Å²) in [6.07, 6.45) is 1.21. The number of carbonyl (C=O) groups is 3. The molecule has 0 spiro atoms. The fraction of sp³-hybridized carbons (Fsp3) is 0.500. The number of hydrogen-bond acceptors (Lipinski definition) is 6. The van der Waals surface area contributed by atoms with Crippen molar-refractivity contribution in [2.45, 2.75) is 57.8 Å². The highest BCUT2D eigenvalue weighted by atomic mass is 32.1. The maximum absolute atomic E-state index is 13.3. The number of amides is 3. The number of hydrogen-bond donors (Lipinski definition) is 2. The Bertz CT molecular complexity index is 1030. The van der Waals surface area contributed by atoms with Crippen LogP contribution < -0.4 is 5.32 Å². The van der Waals surface area contributed by atoms with Crippen LogP contribution in [-0.2, 0) is 20.9 Å². The Morgan fingerprint density at radius 3 is 2.55 bits per heavy atom. The second-order valence-electron chi connectivity index (χ2n) is 9.07. The zero-order valence-corrected chi connectivity index (χ0v) is 20.0. The van der Waals surface area contributed by atoms with Crippen LogP contribution >= 0.6 is 11.3 Å². The Morgan fingerprint density at radius 1 is 1.27 bits per heavy atom. The summed E-state index contributed by atoms with van der Waals surface area (Å²) in [6.45, 7) is 3.87. The van der Waals surface area contributed by atoms with Gasteiger partial charge in [-0.25, -0.2) is 4.98 Å². The van der Waals surface area contributed by atoms with Crippen molar-refractivity contribution in [2.75, 3.05) is 13.6 Å². The fourth-order valence-electron chi connectivity index (χ4n) is 4.45. The van der Waals surface area contributed by atoms with Crippen molar-refractivity contribution in [2.24, 2.45) is 5.92 Å². The highest BCUT2D eigenvalue weighted by Gasteiger charge is 2.46. The van der Waals surface area contributed by atoms with Crippen molar-refractivity contribution in [3.8, 4) is 10.4 Å². The van der Waals surface area contributed by atoms with Gasteiger partial charge in [0.1, 0.15) is 12.1 Å². The number of aliphatic hydroxyl groups excluding tert-OH is 1. The number of nitrogens with zero attached hydrogens (tertiary/aromatic N) is 3. The summed E-state index contributed by atoms with van der Waals surface area (Å²) in [5.41, 5.74) is 4.89. The van der Waals surface area contributed by atoms with Crippen LogP contribution in [-0.4, -0.2) is 69.4 Å². The Balaban J connectivity index is 1.43. The van der Waals surface area contributed by atoms with E-state index in [2.05, 4.69) is 10.3 Å². The van der Waals surface area contributed by atoms with Gasteiger partial charge in [0.05, 0.1) is 22.2 Å². The van der Waals surface area contributed by atoms with E-state index in [0.717, 1.165) is 34.5 Å². The molecule has 176 valence electrons. The summed E-state index contributed by atoms with van der Waals surface area (Å²) in [5, 5.41) is 13.0. The smallest absolute Gasteiger partial charge is 0.246 e. The van der Waals surface area contributed by atoms with Gasteiger partial charge in [0.25, 0.3) is 0 Å². The van der Waals surface area contributed by atoms with Crippen molar-refractivity contribution in [3.05, 3.63) is 41.0 Å². The number of carbonyl (C=O) groups excluding carboxylic acids is 3. The molecule has 2 N–H and O–H groups in total. The van der Waals surface area contributed by atoms with Crippen LogP contribution in [0.5, 0.6) is 0 Å². The third kappa shape index (κ3) is 5.25. The molecular formula is C24H30N4O4S. The largest absolute Gasteiger partial charge is 0.391 e. The van der Waals surface area contributed by atoms with E-state index in [-0.39, 0.29) is 36.6 Å². The number of likely N-dealkylation sites (N-methyl/N-ethyl adjacent to an activating group) is 1. The van der Waals surface area contributed by atoms with Crippen molar-refractivity contribution in [3.63, 3.8) is 0 Å². The maximum atomic E-state index is 13.3. The Morgan fingerprint density at radius 2 is 1.97 bits per heavy atom. The fourth-order valence-corrected chi connectivity index (χ4v) is 5.26. The van der Waals surface area contributed by atoms with Gasteiger partial charge in [-0.3, -0.25) is 14.4 Å². The molecule has 1 aliphatic heterocycles. The predicted molar refractivity (Wildman–Crippen MR) is 125 cm³/mol. The number of β-amino-alcohol motifs (C(OH)–C–C–N with tert-alkyl or cyclic N) is 1. The van der Waals surface area contributed by atoms with E-state index in [9.17, 15) is 19.5 Å². The number of thiazole rings is 1. The van der Waals surface area contributed by atoms with Crippen LogP contribution in [0.1, 0.15) is 37.4 Å². The molecule has 1 aliphatic carbocycles. The van der Waals surface area contributed by atoms with Crippen LogP contribution in [0, 0.1) is 12.8 Å². The normalized spacial score (nSPS) is 21.0. The minimum Gasteiger partial charge on any atom is -0.391 e. The molecule has 1 saturated heterocycles. The molecule has 0 radical (unpaired) electrons. The van der Waals surface area contributed by atoms with Gasteiger partial charge in [-0.1, -0.05) is 24.3 Å². The molecule has 9 heteroatoms. The molecule has 8 nitrogen and oxygen atoms in total. The van der Waals surface area contributed by atoms with Gasteiger partial charge in [-0.05, 0) is 36.8 Å². The average Bonchev–Trinajstić information content (AvgIpc) is 3.42. The maximum Gasteiger partial charge on any atom is 0.246 e. The van der Waals surface area contributed by atoms with Gasteiger partial charge in [0.15, 0.2) is 0 Å². The van der Waals surface area contributed by atoms with Gasteiger partial charge >= 0.3 is 0 Å². The summed E-state index contributed by atoms with van der Waals surface area (Å²) in [5.74, 6) is -0.648. The molecule has 0 unspecified atom stereocenters. The molecule has 2 aromatic rings. The van der Waals surface area contributed by atoms with Crippen molar-refractivity contribution >= 4 is 29.1 Å². The molecule has 3 amide bonds. The second kappa shape index (κ2) is 9.61. The van der Waals surface area contributed by atoms with Gasteiger partial charge in [-0.2, -0.15) is 0 Å². The molecule has 2 heterocycles. The van der Waals surface area contributed by atoms with E-state index in [0.29, 0.717) is 6.54 Å². The Kier molecular flexibility index (Phi) is 6.81. The lowest BCUT2D eigenvalue weighted by molar-refractivity contribution is -0.145. The summed E-state index contributed by atoms with van der Waals surface area (Å²) in [7, 11) is 1.71. The summed E-state index contributed by atoms with van der Waals surface area (Å²) < 4.78 is 0. The summed E-state index contributed by atoms with van der Waals surface area (Å²) in [4.78, 5) is 46.6. The zero-order chi connectivity index (χ0) is 23.7. The lowest BCUT2D eigenvalue weighted by Crippen LogP contribution is -2.54. The first kappa shape index (κ1) is 23.4. The Labute approximate surface area is 197 Å². The first-order valence-electron chi connectivity index (χ1n) is 11.2. The number of aliphatic hydroxyl groups is 1. The lowest BCUT2D eigenvalue weighted by Gasteiger charge is -2.31. The average molecular weight is 471 g/mol. The molecule has 2 fully saturated rings. The number of nitrogens with one attached hydrogen (secondary N) is 1. The molecule has 1 aromatic carbocycles. The SMILES string of the molecule is CC(=O)N[C@H](C(=O)N1C[C@H](O)C[C@H]1C(=O)N(C)Cc1ccc(-c2scnc2C)cc1)C1CC1. The number of aromatic nitrogens is 1.